The van der Waals surface area contributed by atoms with Crippen molar-refractivity contribution in [3.8, 4) is 0 Å². The molecule has 0 spiro atoms. The predicted octanol–water partition coefficient (Wildman–Crippen LogP) is 1.38. The number of carbonyl (C=O) groups excluding carboxylic acids is 1. The second kappa shape index (κ2) is 3.14. The molecule has 14 heavy (non-hydrogen) atoms. The van der Waals surface area contributed by atoms with Crippen LogP contribution in [-0.2, 0) is 0 Å². The number of H-pyrrole nitrogens is 1. The molecular weight excluding hydrogens is 180 g/mol. The van der Waals surface area contributed by atoms with Crippen molar-refractivity contribution < 1.29 is 4.79 Å². The van der Waals surface area contributed by atoms with Crippen LogP contribution in [-0.4, -0.2) is 15.7 Å². The maximum absolute atomic E-state index is 11.4. The molecule has 0 amide bonds. The van der Waals surface area contributed by atoms with Gasteiger partial charge in [0.25, 0.3) is 5.56 Å². The highest BCUT2D eigenvalue weighted by atomic mass is 16.2. The van der Waals surface area contributed by atoms with Gasteiger partial charge in [-0.3, -0.25) is 14.7 Å². The minimum Gasteiger partial charge on any atom is -0.273 e. The second-order valence-corrected chi connectivity index (χ2v) is 3.04. The Kier molecular flexibility index (Phi) is 1.96. The largest absolute Gasteiger partial charge is 0.273 e. The molecule has 0 bridgehead atoms. The number of hydrogen-bond donors (Lipinski definition) is 1. The smallest absolute Gasteiger partial charge is 0.272 e. The van der Waals surface area contributed by atoms with Crippen molar-refractivity contribution in [2.45, 2.75) is 13.3 Å². The zero-order valence-electron chi connectivity index (χ0n) is 7.78. The summed E-state index contributed by atoms with van der Waals surface area (Å²) in [5.74, 6) is -0.108. The van der Waals surface area contributed by atoms with Gasteiger partial charge in [0.1, 0.15) is 0 Å². The zero-order valence-corrected chi connectivity index (χ0v) is 7.78. The van der Waals surface area contributed by atoms with E-state index in [1.54, 1.807) is 31.2 Å². The summed E-state index contributed by atoms with van der Waals surface area (Å²) >= 11 is 0. The van der Waals surface area contributed by atoms with Crippen LogP contribution in [0.4, 0.5) is 0 Å². The number of aromatic nitrogens is 2. The first-order valence-corrected chi connectivity index (χ1v) is 4.47. The van der Waals surface area contributed by atoms with Crippen LogP contribution in [0.3, 0.4) is 0 Å². The van der Waals surface area contributed by atoms with Crippen LogP contribution in [0.15, 0.2) is 29.1 Å². The number of benzene rings is 1. The molecule has 0 saturated carbocycles. The SMILES string of the molecule is CCC(=O)n1[nH]c(=O)c2ccccc21. The summed E-state index contributed by atoms with van der Waals surface area (Å²) in [6.45, 7) is 1.76. The number of fused-ring (bicyclic) bond motifs is 1. The van der Waals surface area contributed by atoms with Crippen LogP contribution in [0.5, 0.6) is 0 Å². The van der Waals surface area contributed by atoms with E-state index in [1.807, 2.05) is 0 Å². The van der Waals surface area contributed by atoms with E-state index in [9.17, 15) is 9.59 Å². The lowest BCUT2D eigenvalue weighted by Gasteiger charge is -1.98. The highest BCUT2D eigenvalue weighted by Gasteiger charge is 2.09. The molecule has 2 rings (SSSR count). The first kappa shape index (κ1) is 8.74. The Labute approximate surface area is 80.1 Å². The van der Waals surface area contributed by atoms with Gasteiger partial charge in [-0.15, -0.1) is 0 Å². The number of hydrogen-bond acceptors (Lipinski definition) is 2. The lowest BCUT2D eigenvalue weighted by molar-refractivity contribution is 0.0898. The summed E-state index contributed by atoms with van der Waals surface area (Å²) in [4.78, 5) is 22.8. The van der Waals surface area contributed by atoms with E-state index >= 15 is 0 Å². The quantitative estimate of drug-likeness (QED) is 0.738. The molecule has 1 N–H and O–H groups in total. The molecule has 0 aliphatic rings. The Bertz CT molecular complexity index is 536. The second-order valence-electron chi connectivity index (χ2n) is 3.04. The molecule has 0 atom stereocenters. The van der Waals surface area contributed by atoms with Crippen LogP contribution in [0, 0.1) is 0 Å². The minimum absolute atomic E-state index is 0.108. The fourth-order valence-electron chi connectivity index (χ4n) is 1.44. The highest BCUT2D eigenvalue weighted by molar-refractivity contribution is 5.90. The average molecular weight is 190 g/mol. The Balaban J connectivity index is 2.79. The highest BCUT2D eigenvalue weighted by Crippen LogP contribution is 2.08. The molecule has 0 radical (unpaired) electrons. The summed E-state index contributed by atoms with van der Waals surface area (Å²) < 4.78 is 1.30. The van der Waals surface area contributed by atoms with Crippen LogP contribution < -0.4 is 5.56 Å². The molecule has 0 fully saturated rings. The summed E-state index contributed by atoms with van der Waals surface area (Å²) in [5, 5.41) is 3.07. The predicted molar refractivity (Wildman–Crippen MR) is 53.5 cm³/mol. The molecule has 72 valence electrons. The first-order chi connectivity index (χ1) is 6.74. The molecule has 0 aliphatic carbocycles. The lowest BCUT2D eigenvalue weighted by Crippen LogP contribution is -2.13. The fourth-order valence-corrected chi connectivity index (χ4v) is 1.44. The third-order valence-electron chi connectivity index (χ3n) is 2.15. The average Bonchev–Trinajstić information content (AvgIpc) is 2.56. The molecule has 0 saturated heterocycles. The van der Waals surface area contributed by atoms with E-state index in [0.717, 1.165) is 0 Å². The van der Waals surface area contributed by atoms with Gasteiger partial charge in [-0.25, -0.2) is 4.68 Å². The molecule has 1 aromatic carbocycles. The molecule has 1 aromatic heterocycles. The monoisotopic (exact) mass is 190 g/mol. The summed E-state index contributed by atoms with van der Waals surface area (Å²) in [7, 11) is 0. The maximum atomic E-state index is 11.4. The Morgan fingerprint density at radius 2 is 2.14 bits per heavy atom. The van der Waals surface area contributed by atoms with Crippen LogP contribution in [0.25, 0.3) is 10.9 Å². The fraction of sp³-hybridized carbons (Fsp3) is 0.200. The molecule has 4 heteroatoms. The molecule has 2 aromatic rings. The van der Waals surface area contributed by atoms with Gasteiger partial charge in [0.15, 0.2) is 0 Å². The van der Waals surface area contributed by atoms with Gasteiger partial charge in [-0.2, -0.15) is 0 Å². The van der Waals surface area contributed by atoms with Crippen molar-refractivity contribution in [1.29, 1.82) is 0 Å². The molecule has 0 unspecified atom stereocenters. The van der Waals surface area contributed by atoms with E-state index in [-0.39, 0.29) is 11.5 Å². The molecular formula is C10H10N2O2. The van der Waals surface area contributed by atoms with Crippen molar-refractivity contribution in [2.75, 3.05) is 0 Å². The van der Waals surface area contributed by atoms with Crippen molar-refractivity contribution in [3.05, 3.63) is 34.6 Å². The number of aromatic amines is 1. The van der Waals surface area contributed by atoms with Crippen LogP contribution >= 0.6 is 0 Å². The van der Waals surface area contributed by atoms with E-state index in [2.05, 4.69) is 5.10 Å². The Morgan fingerprint density at radius 3 is 2.86 bits per heavy atom. The van der Waals surface area contributed by atoms with Gasteiger partial charge >= 0.3 is 0 Å². The van der Waals surface area contributed by atoms with E-state index in [1.165, 1.54) is 4.68 Å². The minimum atomic E-state index is -0.220. The summed E-state index contributed by atoms with van der Waals surface area (Å²) in [6.07, 6.45) is 0.370. The third kappa shape index (κ3) is 1.16. The zero-order chi connectivity index (χ0) is 10.1. The Hall–Kier alpha value is -1.84. The maximum Gasteiger partial charge on any atom is 0.272 e. The van der Waals surface area contributed by atoms with E-state index in [4.69, 9.17) is 0 Å². The number of para-hydroxylation sites is 1. The number of nitrogens with one attached hydrogen (secondary N) is 1. The summed E-state index contributed by atoms with van der Waals surface area (Å²) in [6, 6.07) is 7.03. The van der Waals surface area contributed by atoms with E-state index in [0.29, 0.717) is 17.3 Å². The van der Waals surface area contributed by atoms with Crippen LogP contribution in [0.2, 0.25) is 0 Å². The van der Waals surface area contributed by atoms with E-state index < -0.39 is 0 Å². The van der Waals surface area contributed by atoms with Crippen molar-refractivity contribution in [1.82, 2.24) is 9.78 Å². The van der Waals surface area contributed by atoms with Crippen molar-refractivity contribution in [2.24, 2.45) is 0 Å². The number of carbonyl (C=O) groups is 1. The molecule has 1 heterocycles. The third-order valence-corrected chi connectivity index (χ3v) is 2.15. The first-order valence-electron chi connectivity index (χ1n) is 4.47. The number of rotatable bonds is 1. The van der Waals surface area contributed by atoms with Gasteiger partial charge < -0.3 is 0 Å². The van der Waals surface area contributed by atoms with Crippen LogP contribution in [0.1, 0.15) is 18.1 Å². The van der Waals surface area contributed by atoms with Gasteiger partial charge in [0, 0.05) is 6.42 Å². The lowest BCUT2D eigenvalue weighted by atomic mass is 10.2. The van der Waals surface area contributed by atoms with Gasteiger partial charge in [0.2, 0.25) is 5.91 Å². The van der Waals surface area contributed by atoms with Gasteiger partial charge in [-0.1, -0.05) is 19.1 Å². The number of nitrogens with zero attached hydrogens (tertiary/aromatic N) is 1. The molecule has 4 nitrogen and oxygen atoms in total. The normalized spacial score (nSPS) is 10.6. The Morgan fingerprint density at radius 1 is 1.43 bits per heavy atom. The van der Waals surface area contributed by atoms with Gasteiger partial charge in [0.05, 0.1) is 10.9 Å². The summed E-state index contributed by atoms with van der Waals surface area (Å²) in [5.41, 5.74) is 0.423. The molecule has 0 aliphatic heterocycles. The topological polar surface area (TPSA) is 54.9 Å². The van der Waals surface area contributed by atoms with Crippen molar-refractivity contribution >= 4 is 16.8 Å². The standard InChI is InChI=1S/C10H10N2O2/c1-2-9(13)12-8-6-4-3-5-7(8)10(14)11-12/h3-6H,2H2,1H3,(H,11,14). The van der Waals surface area contributed by atoms with Crippen molar-refractivity contribution in [3.63, 3.8) is 0 Å². The van der Waals surface area contributed by atoms with Gasteiger partial charge in [-0.05, 0) is 12.1 Å².